The number of nitrogens with zero attached hydrogens (tertiary/aromatic N) is 3. The molecule has 7 nitrogen and oxygen atoms in total. The number of rotatable bonds is 2. The van der Waals surface area contributed by atoms with Gasteiger partial charge in [-0.15, -0.1) is 0 Å². The van der Waals surface area contributed by atoms with Gasteiger partial charge in [-0.3, -0.25) is 4.79 Å². The lowest BCUT2D eigenvalue weighted by atomic mass is 10.0. The number of anilines is 1. The lowest BCUT2D eigenvalue weighted by Gasteiger charge is -2.40. The van der Waals surface area contributed by atoms with E-state index in [1.807, 2.05) is 11.6 Å². The number of halogens is 1. The summed E-state index contributed by atoms with van der Waals surface area (Å²) in [6.45, 7) is 2.98. The maximum absolute atomic E-state index is 15.3. The van der Waals surface area contributed by atoms with Crippen LogP contribution in [0, 0.1) is 5.82 Å². The first-order valence-corrected chi connectivity index (χ1v) is 9.62. The van der Waals surface area contributed by atoms with Gasteiger partial charge in [0.2, 0.25) is 5.43 Å². The summed E-state index contributed by atoms with van der Waals surface area (Å²) < 4.78 is 23.1. The number of carbonyl (C=O) groups is 1. The van der Waals surface area contributed by atoms with Crippen LogP contribution in [0.2, 0.25) is 0 Å². The fraction of sp³-hybridized carbons (Fsp3) is 0.500. The van der Waals surface area contributed by atoms with Gasteiger partial charge in [0, 0.05) is 42.8 Å². The predicted molar refractivity (Wildman–Crippen MR) is 102 cm³/mol. The van der Waals surface area contributed by atoms with Crippen LogP contribution >= 0.6 is 0 Å². The first kappa shape index (κ1) is 17.6. The number of benzene rings is 1. The Morgan fingerprint density at radius 1 is 1.29 bits per heavy atom. The molecule has 28 heavy (non-hydrogen) atoms. The van der Waals surface area contributed by atoms with Crippen LogP contribution in [0.25, 0.3) is 10.9 Å². The van der Waals surface area contributed by atoms with E-state index in [0.717, 1.165) is 25.9 Å². The van der Waals surface area contributed by atoms with Crippen LogP contribution in [0.3, 0.4) is 0 Å². The van der Waals surface area contributed by atoms with Crippen LogP contribution in [-0.4, -0.2) is 59.9 Å². The lowest BCUT2D eigenvalue weighted by molar-refractivity contribution is 0.0695. The average molecular weight is 387 g/mol. The SMILES string of the molecule is CN1CCN2c3c(F)cc4c(=O)c(C(=O)O)cn(C5CC5)c4c3COC[C@@H]2C1. The van der Waals surface area contributed by atoms with Gasteiger partial charge in [-0.25, -0.2) is 9.18 Å². The zero-order chi connectivity index (χ0) is 19.6. The van der Waals surface area contributed by atoms with E-state index in [4.69, 9.17) is 4.74 Å². The summed E-state index contributed by atoms with van der Waals surface area (Å²) >= 11 is 0. The number of hydrogen-bond donors (Lipinski definition) is 1. The molecule has 1 saturated heterocycles. The largest absolute Gasteiger partial charge is 0.477 e. The number of hydrogen-bond acceptors (Lipinski definition) is 5. The molecule has 2 aliphatic heterocycles. The molecule has 0 unspecified atom stereocenters. The Kier molecular flexibility index (Phi) is 3.96. The Hall–Kier alpha value is -2.45. The number of ether oxygens (including phenoxy) is 1. The molecule has 1 aromatic heterocycles. The average Bonchev–Trinajstić information content (AvgIpc) is 3.48. The molecule has 0 spiro atoms. The molecule has 1 aromatic carbocycles. The number of aromatic nitrogens is 1. The number of aromatic carboxylic acids is 1. The summed E-state index contributed by atoms with van der Waals surface area (Å²) in [5.41, 5.74) is 0.822. The maximum atomic E-state index is 15.3. The molecular formula is C20H22FN3O4. The third kappa shape index (κ3) is 2.62. The predicted octanol–water partition coefficient (Wildman–Crippen LogP) is 1.82. The molecule has 5 rings (SSSR count). The van der Waals surface area contributed by atoms with Crippen LogP contribution in [0.1, 0.15) is 34.8 Å². The highest BCUT2D eigenvalue weighted by molar-refractivity contribution is 5.95. The molecule has 3 aliphatic rings. The van der Waals surface area contributed by atoms with Crippen molar-refractivity contribution in [2.75, 3.05) is 38.2 Å². The Labute approximate surface area is 160 Å². The molecule has 3 heterocycles. The number of pyridine rings is 1. The van der Waals surface area contributed by atoms with Crippen molar-refractivity contribution in [2.45, 2.75) is 31.5 Å². The van der Waals surface area contributed by atoms with Crippen molar-refractivity contribution in [1.29, 1.82) is 0 Å². The highest BCUT2D eigenvalue weighted by Gasteiger charge is 2.35. The fourth-order valence-electron chi connectivity index (χ4n) is 4.54. The first-order chi connectivity index (χ1) is 13.5. The van der Waals surface area contributed by atoms with Gasteiger partial charge in [0.05, 0.1) is 30.5 Å². The number of fused-ring (bicyclic) bond motifs is 5. The standard InChI is InChI=1S/C20H22FN3O4/c1-22-4-5-23-12(7-22)9-28-10-15-17-13(6-16(21)18(15)23)19(25)14(20(26)27)8-24(17)11-2-3-11/h6,8,11-12H,2-5,7,9-10H2,1H3,(H,26,27)/t12-/m0/s1. The van der Waals surface area contributed by atoms with Gasteiger partial charge >= 0.3 is 5.97 Å². The van der Waals surface area contributed by atoms with Gasteiger partial charge in [-0.1, -0.05) is 0 Å². The second-order valence-corrected chi connectivity index (χ2v) is 8.02. The van der Waals surface area contributed by atoms with Crippen molar-refractivity contribution in [3.63, 3.8) is 0 Å². The van der Waals surface area contributed by atoms with Crippen molar-refractivity contribution in [1.82, 2.24) is 9.47 Å². The van der Waals surface area contributed by atoms with Crippen LogP contribution in [0.4, 0.5) is 10.1 Å². The second-order valence-electron chi connectivity index (χ2n) is 8.02. The van der Waals surface area contributed by atoms with Crippen molar-refractivity contribution >= 4 is 22.6 Å². The maximum Gasteiger partial charge on any atom is 0.341 e. The minimum Gasteiger partial charge on any atom is -0.477 e. The van der Waals surface area contributed by atoms with Gasteiger partial charge in [0.1, 0.15) is 11.4 Å². The molecule has 148 valence electrons. The van der Waals surface area contributed by atoms with Gasteiger partial charge in [-0.2, -0.15) is 0 Å². The molecule has 0 radical (unpaired) electrons. The molecule has 1 atom stereocenters. The van der Waals surface area contributed by atoms with E-state index in [2.05, 4.69) is 9.80 Å². The van der Waals surface area contributed by atoms with E-state index in [0.29, 0.717) is 29.9 Å². The van der Waals surface area contributed by atoms with E-state index in [1.54, 1.807) is 0 Å². The minimum atomic E-state index is -1.29. The first-order valence-electron chi connectivity index (χ1n) is 9.62. The smallest absolute Gasteiger partial charge is 0.341 e. The Morgan fingerprint density at radius 3 is 2.79 bits per heavy atom. The van der Waals surface area contributed by atoms with E-state index in [-0.39, 0.29) is 29.6 Å². The summed E-state index contributed by atoms with van der Waals surface area (Å²) in [4.78, 5) is 28.6. The van der Waals surface area contributed by atoms with E-state index < -0.39 is 17.2 Å². The zero-order valence-corrected chi connectivity index (χ0v) is 15.7. The minimum absolute atomic E-state index is 0.0475. The van der Waals surface area contributed by atoms with Crippen LogP contribution in [-0.2, 0) is 11.3 Å². The number of carboxylic acid groups (broad SMARTS) is 1. The zero-order valence-electron chi connectivity index (χ0n) is 15.7. The molecule has 1 saturated carbocycles. The van der Waals surface area contributed by atoms with Crippen molar-refractivity contribution in [3.05, 3.63) is 39.4 Å². The fourth-order valence-corrected chi connectivity index (χ4v) is 4.54. The molecule has 0 bridgehead atoms. The summed E-state index contributed by atoms with van der Waals surface area (Å²) in [6, 6.07) is 1.41. The Morgan fingerprint density at radius 2 is 2.07 bits per heavy atom. The van der Waals surface area contributed by atoms with Gasteiger partial charge in [0.15, 0.2) is 0 Å². The molecular weight excluding hydrogens is 365 g/mol. The summed E-state index contributed by atoms with van der Waals surface area (Å²) in [5, 5.41) is 9.56. The summed E-state index contributed by atoms with van der Waals surface area (Å²) in [5.74, 6) is -1.77. The number of piperazine rings is 1. The third-order valence-corrected chi connectivity index (χ3v) is 6.04. The third-order valence-electron chi connectivity index (χ3n) is 6.04. The monoisotopic (exact) mass is 387 g/mol. The molecule has 2 aromatic rings. The lowest BCUT2D eigenvalue weighted by Crippen LogP contribution is -2.53. The van der Waals surface area contributed by atoms with Crippen molar-refractivity contribution < 1.29 is 19.0 Å². The topological polar surface area (TPSA) is 75.0 Å². The molecule has 1 aliphatic carbocycles. The summed E-state index contributed by atoms with van der Waals surface area (Å²) in [6.07, 6.45) is 3.26. The summed E-state index contributed by atoms with van der Waals surface area (Å²) in [7, 11) is 2.04. The van der Waals surface area contributed by atoms with Crippen molar-refractivity contribution in [2.24, 2.45) is 0 Å². The van der Waals surface area contributed by atoms with Crippen molar-refractivity contribution in [3.8, 4) is 0 Å². The van der Waals surface area contributed by atoms with Crippen LogP contribution in [0.15, 0.2) is 17.1 Å². The van der Waals surface area contributed by atoms with Gasteiger partial charge < -0.3 is 24.2 Å². The molecule has 8 heteroatoms. The number of likely N-dealkylation sites (N-methyl/N-ethyl adjacent to an activating group) is 1. The normalized spacial score (nSPS) is 22.6. The quantitative estimate of drug-likeness (QED) is 0.847. The highest BCUT2D eigenvalue weighted by Crippen LogP contribution is 2.41. The molecule has 0 amide bonds. The second kappa shape index (κ2) is 6.28. The molecule has 2 fully saturated rings. The van der Waals surface area contributed by atoms with Gasteiger partial charge in [0.25, 0.3) is 0 Å². The van der Waals surface area contributed by atoms with Crippen LogP contribution in [0.5, 0.6) is 0 Å². The Bertz CT molecular complexity index is 1050. The number of carboxylic acids is 1. The van der Waals surface area contributed by atoms with Crippen LogP contribution < -0.4 is 10.3 Å². The van der Waals surface area contributed by atoms with Gasteiger partial charge in [-0.05, 0) is 26.0 Å². The van der Waals surface area contributed by atoms with E-state index >= 15 is 4.39 Å². The van der Waals surface area contributed by atoms with E-state index in [1.165, 1.54) is 12.3 Å². The van der Waals surface area contributed by atoms with E-state index in [9.17, 15) is 14.7 Å². The molecule has 1 N–H and O–H groups in total. The Balaban J connectivity index is 1.81. The highest BCUT2D eigenvalue weighted by atomic mass is 19.1.